The number of anilines is 1. The molecule has 5 nitrogen and oxygen atoms in total. The summed E-state index contributed by atoms with van der Waals surface area (Å²) >= 11 is 1.34. The van der Waals surface area contributed by atoms with Gasteiger partial charge in [-0.05, 0) is 24.4 Å². The molecule has 0 saturated heterocycles. The summed E-state index contributed by atoms with van der Waals surface area (Å²) < 4.78 is 10.5. The molecule has 1 aromatic carbocycles. The maximum Gasteiger partial charge on any atom is 0.265 e. The van der Waals surface area contributed by atoms with Crippen molar-refractivity contribution in [2.45, 2.75) is 6.92 Å². The van der Waals surface area contributed by atoms with Crippen LogP contribution in [0.25, 0.3) is 0 Å². The Morgan fingerprint density at radius 1 is 1.25 bits per heavy atom. The average molecular weight is 289 g/mol. The minimum absolute atomic E-state index is 0.120. The number of ether oxygens (including phenoxy) is 2. The lowest BCUT2D eigenvalue weighted by Gasteiger charge is -2.09. The van der Waals surface area contributed by atoms with Crippen LogP contribution in [0.3, 0.4) is 0 Å². The smallest absolute Gasteiger partial charge is 0.265 e. The van der Waals surface area contributed by atoms with Gasteiger partial charge in [-0.3, -0.25) is 9.59 Å². The molecule has 1 aromatic heterocycles. The molecule has 1 aliphatic rings. The number of thiophene rings is 1. The minimum atomic E-state index is -0.249. The number of nitrogens with one attached hydrogen (secondary N) is 1. The van der Waals surface area contributed by atoms with E-state index in [0.717, 1.165) is 0 Å². The molecule has 1 aliphatic heterocycles. The Morgan fingerprint density at radius 3 is 2.65 bits per heavy atom. The molecule has 0 fully saturated rings. The van der Waals surface area contributed by atoms with Crippen molar-refractivity contribution >= 4 is 28.7 Å². The van der Waals surface area contributed by atoms with Gasteiger partial charge in [-0.15, -0.1) is 11.3 Å². The third-order valence-electron chi connectivity index (χ3n) is 2.89. The second kappa shape index (κ2) is 4.97. The van der Waals surface area contributed by atoms with Gasteiger partial charge < -0.3 is 14.8 Å². The molecule has 0 saturated carbocycles. The number of carbonyl (C=O) groups is 2. The lowest BCUT2D eigenvalue weighted by molar-refractivity contribution is 0.101. The van der Waals surface area contributed by atoms with Crippen molar-refractivity contribution in [2.24, 2.45) is 0 Å². The van der Waals surface area contributed by atoms with E-state index < -0.39 is 0 Å². The van der Waals surface area contributed by atoms with Gasteiger partial charge in [-0.1, -0.05) is 6.07 Å². The van der Waals surface area contributed by atoms with Crippen molar-refractivity contribution in [2.75, 3.05) is 12.1 Å². The first-order valence-electron chi connectivity index (χ1n) is 5.94. The Kier molecular flexibility index (Phi) is 3.15. The number of rotatable bonds is 3. The van der Waals surface area contributed by atoms with E-state index in [-0.39, 0.29) is 18.5 Å². The Bertz CT molecular complexity index is 679. The second-order valence-corrected chi connectivity index (χ2v) is 5.19. The van der Waals surface area contributed by atoms with Crippen molar-refractivity contribution in [3.05, 3.63) is 40.1 Å². The van der Waals surface area contributed by atoms with E-state index >= 15 is 0 Å². The minimum Gasteiger partial charge on any atom is -0.454 e. The average Bonchev–Trinajstić information content (AvgIpc) is 3.08. The number of hydrogen-bond donors (Lipinski definition) is 1. The highest BCUT2D eigenvalue weighted by atomic mass is 32.1. The third-order valence-corrected chi connectivity index (χ3v) is 3.75. The van der Waals surface area contributed by atoms with Crippen LogP contribution < -0.4 is 14.8 Å². The van der Waals surface area contributed by atoms with Crippen molar-refractivity contribution in [1.29, 1.82) is 0 Å². The number of fused-ring (bicyclic) bond motifs is 1. The standard InChI is InChI=1S/C14H11NO4S/c1-8(16)9-5-11-12(19-7-18-11)6-10(9)15-14(17)13-3-2-4-20-13/h2-6H,7H2,1H3,(H,15,17). The summed E-state index contributed by atoms with van der Waals surface area (Å²) in [6, 6.07) is 6.73. The Morgan fingerprint density at radius 2 is 2.00 bits per heavy atom. The number of hydrogen-bond acceptors (Lipinski definition) is 5. The Hall–Kier alpha value is -2.34. The normalized spacial score (nSPS) is 12.2. The largest absolute Gasteiger partial charge is 0.454 e. The third kappa shape index (κ3) is 2.25. The van der Waals surface area contributed by atoms with Gasteiger partial charge in [0.2, 0.25) is 6.79 Å². The monoisotopic (exact) mass is 289 g/mol. The van der Waals surface area contributed by atoms with E-state index in [2.05, 4.69) is 5.32 Å². The van der Waals surface area contributed by atoms with Gasteiger partial charge in [0.05, 0.1) is 10.6 Å². The lowest BCUT2D eigenvalue weighted by atomic mass is 10.1. The molecule has 3 rings (SSSR count). The quantitative estimate of drug-likeness (QED) is 0.882. The number of Topliss-reactive ketones (excluding diaryl/α,β-unsaturated/α-hetero) is 1. The van der Waals surface area contributed by atoms with E-state index in [0.29, 0.717) is 27.6 Å². The second-order valence-electron chi connectivity index (χ2n) is 4.24. The topological polar surface area (TPSA) is 64.6 Å². The first-order chi connectivity index (χ1) is 9.65. The zero-order valence-corrected chi connectivity index (χ0v) is 11.5. The molecule has 6 heteroatoms. The highest BCUT2D eigenvalue weighted by Crippen LogP contribution is 2.37. The molecular weight excluding hydrogens is 278 g/mol. The molecule has 1 N–H and O–H groups in total. The van der Waals surface area contributed by atoms with E-state index in [4.69, 9.17) is 9.47 Å². The zero-order chi connectivity index (χ0) is 14.1. The molecule has 0 atom stereocenters. The van der Waals surface area contributed by atoms with Gasteiger partial charge in [-0.25, -0.2) is 0 Å². The first kappa shape index (κ1) is 12.7. The van der Waals surface area contributed by atoms with Crippen molar-refractivity contribution in [3.8, 4) is 11.5 Å². The fourth-order valence-electron chi connectivity index (χ4n) is 1.93. The highest BCUT2D eigenvalue weighted by Gasteiger charge is 2.20. The van der Waals surface area contributed by atoms with Crippen LogP contribution in [0, 0.1) is 0 Å². The molecule has 2 aromatic rings. The highest BCUT2D eigenvalue weighted by molar-refractivity contribution is 7.12. The van der Waals surface area contributed by atoms with Crippen molar-refractivity contribution in [1.82, 2.24) is 0 Å². The number of benzene rings is 1. The maximum absolute atomic E-state index is 12.1. The van der Waals surface area contributed by atoms with Gasteiger partial charge in [0.1, 0.15) is 0 Å². The molecule has 0 spiro atoms. The summed E-state index contributed by atoms with van der Waals surface area (Å²) in [5, 5.41) is 4.56. The molecule has 0 bridgehead atoms. The summed E-state index contributed by atoms with van der Waals surface area (Å²) in [4.78, 5) is 24.3. The SMILES string of the molecule is CC(=O)c1cc2c(cc1NC(=O)c1cccs1)OCO2. The van der Waals surface area contributed by atoms with Crippen LogP contribution in [0.5, 0.6) is 11.5 Å². The van der Waals surface area contributed by atoms with E-state index in [1.54, 1.807) is 24.3 Å². The van der Waals surface area contributed by atoms with Gasteiger partial charge in [-0.2, -0.15) is 0 Å². The zero-order valence-electron chi connectivity index (χ0n) is 10.6. The summed E-state index contributed by atoms with van der Waals surface area (Å²) in [6.07, 6.45) is 0. The van der Waals surface area contributed by atoms with Crippen LogP contribution in [-0.4, -0.2) is 18.5 Å². The van der Waals surface area contributed by atoms with Crippen LogP contribution in [0.4, 0.5) is 5.69 Å². The van der Waals surface area contributed by atoms with E-state index in [1.165, 1.54) is 18.3 Å². The molecule has 0 unspecified atom stereocenters. The van der Waals surface area contributed by atoms with Crippen LogP contribution in [0.1, 0.15) is 27.0 Å². The molecular formula is C14H11NO4S. The van der Waals surface area contributed by atoms with Crippen LogP contribution in [-0.2, 0) is 0 Å². The van der Waals surface area contributed by atoms with Gasteiger partial charge >= 0.3 is 0 Å². The lowest BCUT2D eigenvalue weighted by Crippen LogP contribution is -2.13. The summed E-state index contributed by atoms with van der Waals surface area (Å²) in [5.74, 6) is 0.645. The molecule has 0 radical (unpaired) electrons. The fraction of sp³-hybridized carbons (Fsp3) is 0.143. The number of ketones is 1. The van der Waals surface area contributed by atoms with Gasteiger partial charge in [0, 0.05) is 11.6 Å². The Labute approximate surface area is 119 Å². The number of carbonyl (C=O) groups excluding carboxylic acids is 2. The molecule has 2 heterocycles. The molecule has 20 heavy (non-hydrogen) atoms. The van der Waals surface area contributed by atoms with Gasteiger partial charge in [0.15, 0.2) is 17.3 Å². The first-order valence-corrected chi connectivity index (χ1v) is 6.82. The van der Waals surface area contributed by atoms with Crippen LogP contribution >= 0.6 is 11.3 Å². The summed E-state index contributed by atoms with van der Waals surface area (Å²) in [5.41, 5.74) is 0.833. The Balaban J connectivity index is 1.96. The maximum atomic E-state index is 12.1. The number of amides is 1. The van der Waals surface area contributed by atoms with Crippen molar-refractivity contribution < 1.29 is 19.1 Å². The molecule has 0 aliphatic carbocycles. The summed E-state index contributed by atoms with van der Waals surface area (Å²) in [6.45, 7) is 1.56. The van der Waals surface area contributed by atoms with Crippen LogP contribution in [0.15, 0.2) is 29.6 Å². The summed E-state index contributed by atoms with van der Waals surface area (Å²) in [7, 11) is 0. The van der Waals surface area contributed by atoms with E-state index in [1.807, 2.05) is 5.38 Å². The predicted molar refractivity (Wildman–Crippen MR) is 74.8 cm³/mol. The predicted octanol–water partition coefficient (Wildman–Crippen LogP) is 2.93. The molecule has 1 amide bonds. The molecule has 102 valence electrons. The van der Waals surface area contributed by atoms with Gasteiger partial charge in [0.25, 0.3) is 5.91 Å². The van der Waals surface area contributed by atoms with E-state index in [9.17, 15) is 9.59 Å². The van der Waals surface area contributed by atoms with Crippen LogP contribution in [0.2, 0.25) is 0 Å². The fourth-order valence-corrected chi connectivity index (χ4v) is 2.55. The van der Waals surface area contributed by atoms with Crippen molar-refractivity contribution in [3.63, 3.8) is 0 Å².